The molecule has 0 aliphatic heterocycles. The maximum absolute atomic E-state index is 14.1. The molecule has 0 spiro atoms. The quantitative estimate of drug-likeness (QED) is 0.407. The summed E-state index contributed by atoms with van der Waals surface area (Å²) < 4.78 is 59.1. The van der Waals surface area contributed by atoms with Crippen molar-refractivity contribution in [3.63, 3.8) is 0 Å². The molecule has 26 heavy (non-hydrogen) atoms. The minimum atomic E-state index is -3.83. The minimum absolute atomic E-state index is 0. The molecule has 0 atom stereocenters. The average molecular weight is 440 g/mol. The molecule has 6 heteroatoms. The Balaban J connectivity index is 0.00000243. The van der Waals surface area contributed by atoms with Gasteiger partial charge in [0.1, 0.15) is 5.75 Å². The Labute approximate surface area is 176 Å². The van der Waals surface area contributed by atoms with Crippen molar-refractivity contribution < 1.29 is 55.0 Å². The van der Waals surface area contributed by atoms with Gasteiger partial charge in [-0.05, 0) is 47.9 Å². The van der Waals surface area contributed by atoms with Gasteiger partial charge in [-0.1, -0.05) is 31.9 Å². The second-order valence-electron chi connectivity index (χ2n) is 6.71. The molecule has 2 aromatic carbocycles. The van der Waals surface area contributed by atoms with E-state index in [0.29, 0.717) is 18.1 Å². The molecule has 3 rings (SSSR count). The third kappa shape index (κ3) is 5.29. The van der Waals surface area contributed by atoms with Crippen LogP contribution < -0.4 is 4.74 Å². The Bertz CT molecular complexity index is 705. The fourth-order valence-electron chi connectivity index (χ4n) is 3.28. The van der Waals surface area contributed by atoms with Crippen molar-refractivity contribution in [2.45, 2.75) is 44.6 Å². The maximum atomic E-state index is 14.1. The fourth-order valence-corrected chi connectivity index (χ4v) is 3.28. The summed E-state index contributed by atoms with van der Waals surface area (Å²) in [4.78, 5) is 0. The van der Waals surface area contributed by atoms with Gasteiger partial charge in [-0.2, -0.15) is 8.78 Å². The van der Waals surface area contributed by atoms with Crippen molar-refractivity contribution in [1.82, 2.24) is 0 Å². The van der Waals surface area contributed by atoms with E-state index in [4.69, 9.17) is 0 Å². The number of hydrogen-bond donors (Lipinski definition) is 0. The van der Waals surface area contributed by atoms with Crippen LogP contribution in [0.1, 0.15) is 49.7 Å². The second kappa shape index (κ2) is 8.83. The summed E-state index contributed by atoms with van der Waals surface area (Å²) in [5, 5.41) is 0. The number of halogens is 4. The molecule has 0 unspecified atom stereocenters. The standard InChI is InChI=1S/C20H19F4O.Y/c1-13-2-4-14(5-3-13)15-6-8-19(9-7-15)25-20(23,24)16-10-17(21)12-18(22)11-16;/h6-11,13-14H,2-5H2,1H3;/q-1;+3. The first kappa shape index (κ1) is 21.4. The third-order valence-corrected chi connectivity index (χ3v) is 4.75. The van der Waals surface area contributed by atoms with Crippen LogP contribution in [0.25, 0.3) is 0 Å². The van der Waals surface area contributed by atoms with Gasteiger partial charge in [0.15, 0.2) is 0 Å². The Morgan fingerprint density at radius 1 is 0.962 bits per heavy atom. The van der Waals surface area contributed by atoms with E-state index in [2.05, 4.69) is 11.7 Å². The van der Waals surface area contributed by atoms with Crippen molar-refractivity contribution in [1.29, 1.82) is 0 Å². The predicted octanol–water partition coefficient (Wildman–Crippen LogP) is 6.18. The molecule has 0 N–H and O–H groups in total. The zero-order valence-electron chi connectivity index (χ0n) is 14.4. The molecule has 0 amide bonds. The first-order valence-electron chi connectivity index (χ1n) is 8.39. The molecule has 0 radical (unpaired) electrons. The van der Waals surface area contributed by atoms with E-state index >= 15 is 0 Å². The van der Waals surface area contributed by atoms with Crippen LogP contribution in [-0.4, -0.2) is 0 Å². The van der Waals surface area contributed by atoms with Gasteiger partial charge in [-0.25, -0.2) is 8.78 Å². The molecular weight excluding hydrogens is 421 g/mol. The van der Waals surface area contributed by atoms with E-state index in [1.54, 1.807) is 18.2 Å². The van der Waals surface area contributed by atoms with Crippen molar-refractivity contribution in [3.8, 4) is 5.75 Å². The molecule has 1 nitrogen and oxygen atoms in total. The molecule has 0 aromatic heterocycles. The van der Waals surface area contributed by atoms with Crippen molar-refractivity contribution in [3.05, 3.63) is 65.2 Å². The Kier molecular flexibility index (Phi) is 7.26. The molecule has 134 valence electrons. The van der Waals surface area contributed by atoms with Gasteiger partial charge in [-0.3, -0.25) is 0 Å². The largest absolute Gasteiger partial charge is 3.00 e. The van der Waals surface area contributed by atoms with Crippen molar-refractivity contribution >= 4 is 0 Å². The number of rotatable bonds is 4. The second-order valence-corrected chi connectivity index (χ2v) is 6.71. The van der Waals surface area contributed by atoms with Gasteiger partial charge in [-0.15, -0.1) is 18.2 Å². The molecule has 0 bridgehead atoms. The van der Waals surface area contributed by atoms with Crippen LogP contribution in [0.2, 0.25) is 0 Å². The number of hydrogen-bond acceptors (Lipinski definition) is 1. The number of benzene rings is 2. The smallest absolute Gasteiger partial charge is 0.430 e. The van der Waals surface area contributed by atoms with Crippen molar-refractivity contribution in [2.75, 3.05) is 0 Å². The van der Waals surface area contributed by atoms with Crippen LogP contribution in [0.4, 0.5) is 17.6 Å². The summed E-state index contributed by atoms with van der Waals surface area (Å²) >= 11 is 0. The fraction of sp³-hybridized carbons (Fsp3) is 0.400. The van der Waals surface area contributed by atoms with Crippen LogP contribution >= 0.6 is 0 Å². The average Bonchev–Trinajstić information content (AvgIpc) is 2.55. The van der Waals surface area contributed by atoms with E-state index in [9.17, 15) is 17.6 Å². The summed E-state index contributed by atoms with van der Waals surface area (Å²) in [6.07, 6.45) is 0.693. The Hall–Kier alpha value is -0.936. The summed E-state index contributed by atoms with van der Waals surface area (Å²) in [7, 11) is 0. The summed E-state index contributed by atoms with van der Waals surface area (Å²) in [6, 6.07) is 9.22. The topological polar surface area (TPSA) is 9.23 Å². The monoisotopic (exact) mass is 440 g/mol. The molecule has 1 aliphatic rings. The normalized spacial score (nSPS) is 20.3. The van der Waals surface area contributed by atoms with Gasteiger partial charge >= 0.3 is 38.8 Å². The van der Waals surface area contributed by atoms with Crippen LogP contribution in [0.3, 0.4) is 0 Å². The van der Waals surface area contributed by atoms with Crippen LogP contribution in [0.15, 0.2) is 36.4 Å². The van der Waals surface area contributed by atoms with E-state index in [-0.39, 0.29) is 38.5 Å². The SMILES string of the molecule is CC1CCC(c2ccc(OC(F)(F)c3cc(F)[c-]c(F)c3)cc2)CC1.[Y+3]. The first-order valence-corrected chi connectivity index (χ1v) is 8.39. The number of alkyl halides is 2. The summed E-state index contributed by atoms with van der Waals surface area (Å²) in [6.45, 7) is 2.24. The van der Waals surface area contributed by atoms with E-state index in [0.717, 1.165) is 24.3 Å². The Morgan fingerprint density at radius 3 is 2.04 bits per heavy atom. The predicted molar refractivity (Wildman–Crippen MR) is 86.5 cm³/mol. The Morgan fingerprint density at radius 2 is 1.50 bits per heavy atom. The van der Waals surface area contributed by atoms with Crippen LogP contribution in [0.5, 0.6) is 5.75 Å². The molecule has 0 saturated heterocycles. The minimum Gasteiger partial charge on any atom is -0.430 e. The molecule has 1 aliphatic carbocycles. The maximum Gasteiger partial charge on any atom is 3.00 e. The zero-order valence-corrected chi connectivity index (χ0v) is 17.3. The van der Waals surface area contributed by atoms with E-state index < -0.39 is 23.3 Å². The van der Waals surface area contributed by atoms with Crippen molar-refractivity contribution in [2.24, 2.45) is 5.92 Å². The molecular formula is C20H19F4OY+2. The van der Waals surface area contributed by atoms with Crippen LogP contribution in [0, 0.1) is 23.6 Å². The molecule has 0 heterocycles. The summed E-state index contributed by atoms with van der Waals surface area (Å²) in [5.74, 6) is -1.26. The third-order valence-electron chi connectivity index (χ3n) is 4.75. The molecule has 1 saturated carbocycles. The summed E-state index contributed by atoms with van der Waals surface area (Å²) in [5.41, 5.74) is 0.223. The van der Waals surface area contributed by atoms with E-state index in [1.165, 1.54) is 25.0 Å². The van der Waals surface area contributed by atoms with Gasteiger partial charge in [0.2, 0.25) is 0 Å². The number of ether oxygens (including phenoxy) is 1. The molecule has 2 aromatic rings. The van der Waals surface area contributed by atoms with Gasteiger partial charge in [0, 0.05) is 11.6 Å². The van der Waals surface area contributed by atoms with Gasteiger partial charge in [0.05, 0.1) is 0 Å². The zero-order chi connectivity index (χ0) is 18.0. The van der Waals surface area contributed by atoms with E-state index in [1.807, 2.05) is 0 Å². The van der Waals surface area contributed by atoms with Crippen LogP contribution in [-0.2, 0) is 38.8 Å². The molecule has 1 fully saturated rings. The van der Waals surface area contributed by atoms with Gasteiger partial charge in [0.25, 0.3) is 0 Å². The first-order chi connectivity index (χ1) is 11.8. The van der Waals surface area contributed by atoms with Gasteiger partial charge < -0.3 is 4.74 Å².